The molecule has 2 unspecified atom stereocenters. The highest BCUT2D eigenvalue weighted by atomic mass is 16.5. The van der Waals surface area contributed by atoms with E-state index >= 15 is 0 Å². The van der Waals surface area contributed by atoms with Crippen molar-refractivity contribution in [2.75, 3.05) is 33.2 Å². The molecule has 1 aromatic heterocycles. The zero-order valence-electron chi connectivity index (χ0n) is 16.2. The first-order valence-corrected chi connectivity index (χ1v) is 10.0. The Labute approximate surface area is 155 Å². The molecule has 3 heterocycles. The molecule has 2 aliphatic heterocycles. The van der Waals surface area contributed by atoms with Crippen molar-refractivity contribution in [1.82, 2.24) is 25.3 Å². The van der Waals surface area contributed by atoms with Crippen LogP contribution in [0.4, 0.5) is 0 Å². The standard InChI is InChI=1S/C19H31N5O2/c1-13(2)17-21-16(22-26-17)12-23(3)14-4-9-24(11-14)18(25)15-10-19(15)5-7-20-8-6-19/h13-15,20H,4-12H2,1-3H3. The third kappa shape index (κ3) is 3.39. The number of hydrogen-bond donors (Lipinski definition) is 1. The van der Waals surface area contributed by atoms with Gasteiger partial charge in [0.15, 0.2) is 5.82 Å². The lowest BCUT2D eigenvalue weighted by Gasteiger charge is -2.26. The van der Waals surface area contributed by atoms with E-state index in [0.29, 0.717) is 29.8 Å². The predicted molar refractivity (Wildman–Crippen MR) is 97.5 cm³/mol. The van der Waals surface area contributed by atoms with Crippen molar-refractivity contribution in [3.63, 3.8) is 0 Å². The van der Waals surface area contributed by atoms with Crippen LogP contribution in [0.3, 0.4) is 0 Å². The maximum atomic E-state index is 12.9. The van der Waals surface area contributed by atoms with Crippen LogP contribution in [0, 0.1) is 11.3 Å². The minimum Gasteiger partial charge on any atom is -0.341 e. The van der Waals surface area contributed by atoms with Crippen LogP contribution in [0.15, 0.2) is 4.52 Å². The number of carbonyl (C=O) groups excluding carboxylic acids is 1. The molecular formula is C19H31N5O2. The van der Waals surface area contributed by atoms with Crippen LogP contribution in [-0.4, -0.2) is 65.1 Å². The molecule has 3 aliphatic rings. The summed E-state index contributed by atoms with van der Waals surface area (Å²) < 4.78 is 5.29. The average molecular weight is 361 g/mol. The Kier molecular flexibility index (Phi) is 4.77. The van der Waals surface area contributed by atoms with Gasteiger partial charge >= 0.3 is 0 Å². The largest absolute Gasteiger partial charge is 0.341 e. The van der Waals surface area contributed by atoms with Gasteiger partial charge in [0.2, 0.25) is 11.8 Å². The number of nitrogens with zero attached hydrogens (tertiary/aromatic N) is 4. The number of rotatable bonds is 5. The van der Waals surface area contributed by atoms with Crippen molar-refractivity contribution >= 4 is 5.91 Å². The molecule has 26 heavy (non-hydrogen) atoms. The van der Waals surface area contributed by atoms with E-state index in [0.717, 1.165) is 57.7 Å². The molecule has 4 rings (SSSR count). The Bertz CT molecular complexity index is 652. The molecule has 1 spiro atoms. The molecule has 0 aromatic carbocycles. The quantitative estimate of drug-likeness (QED) is 0.859. The Morgan fingerprint density at radius 3 is 2.88 bits per heavy atom. The Morgan fingerprint density at radius 1 is 1.42 bits per heavy atom. The van der Waals surface area contributed by atoms with E-state index in [-0.39, 0.29) is 11.8 Å². The van der Waals surface area contributed by atoms with Gasteiger partial charge in [0.1, 0.15) is 0 Å². The third-order valence-corrected chi connectivity index (χ3v) is 6.55. The molecule has 144 valence electrons. The smallest absolute Gasteiger partial charge is 0.229 e. The number of aromatic nitrogens is 2. The molecule has 7 heteroatoms. The molecule has 1 saturated carbocycles. The summed E-state index contributed by atoms with van der Waals surface area (Å²) in [5.41, 5.74) is 0.324. The number of carbonyl (C=O) groups is 1. The van der Waals surface area contributed by atoms with E-state index in [9.17, 15) is 4.79 Å². The summed E-state index contributed by atoms with van der Waals surface area (Å²) in [6, 6.07) is 0.377. The van der Waals surface area contributed by atoms with Crippen molar-refractivity contribution in [1.29, 1.82) is 0 Å². The number of hydrogen-bond acceptors (Lipinski definition) is 6. The zero-order chi connectivity index (χ0) is 18.3. The van der Waals surface area contributed by atoms with E-state index in [4.69, 9.17) is 4.52 Å². The number of nitrogens with one attached hydrogen (secondary N) is 1. The molecule has 0 radical (unpaired) electrons. The summed E-state index contributed by atoms with van der Waals surface area (Å²) in [5.74, 6) is 2.35. The van der Waals surface area contributed by atoms with Gasteiger partial charge in [0.25, 0.3) is 0 Å². The molecule has 1 N–H and O–H groups in total. The van der Waals surface area contributed by atoms with Gasteiger partial charge in [-0.25, -0.2) is 0 Å². The number of likely N-dealkylation sites (tertiary alicyclic amines) is 1. The average Bonchev–Trinajstić information content (AvgIpc) is 3.02. The topological polar surface area (TPSA) is 74.5 Å². The van der Waals surface area contributed by atoms with Gasteiger partial charge in [-0.1, -0.05) is 19.0 Å². The molecule has 1 amide bonds. The van der Waals surface area contributed by atoms with E-state index in [1.54, 1.807) is 0 Å². The highest BCUT2D eigenvalue weighted by molar-refractivity contribution is 5.83. The SMILES string of the molecule is CC(C)c1nc(CN(C)C2CCN(C(=O)C3CC34CCNCC4)C2)no1. The highest BCUT2D eigenvalue weighted by Crippen LogP contribution is 2.59. The summed E-state index contributed by atoms with van der Waals surface area (Å²) in [6.45, 7) is 8.61. The minimum absolute atomic E-state index is 0.252. The predicted octanol–water partition coefficient (Wildman–Crippen LogP) is 1.62. The summed E-state index contributed by atoms with van der Waals surface area (Å²) >= 11 is 0. The molecule has 0 bridgehead atoms. The van der Waals surface area contributed by atoms with E-state index in [1.165, 1.54) is 0 Å². The van der Waals surface area contributed by atoms with Crippen molar-refractivity contribution in [3.8, 4) is 0 Å². The van der Waals surface area contributed by atoms with Gasteiger partial charge in [0, 0.05) is 31.0 Å². The maximum absolute atomic E-state index is 12.9. The molecule has 3 fully saturated rings. The zero-order valence-corrected chi connectivity index (χ0v) is 16.2. The van der Waals surface area contributed by atoms with E-state index in [1.807, 2.05) is 0 Å². The number of amides is 1. The second kappa shape index (κ2) is 6.93. The molecule has 2 saturated heterocycles. The first-order valence-electron chi connectivity index (χ1n) is 10.0. The van der Waals surface area contributed by atoms with Crippen LogP contribution in [0.25, 0.3) is 0 Å². The third-order valence-electron chi connectivity index (χ3n) is 6.55. The molecular weight excluding hydrogens is 330 g/mol. The van der Waals surface area contributed by atoms with Crippen molar-refractivity contribution < 1.29 is 9.32 Å². The van der Waals surface area contributed by atoms with E-state index in [2.05, 4.69) is 46.2 Å². The van der Waals surface area contributed by atoms with Crippen molar-refractivity contribution in [3.05, 3.63) is 11.7 Å². The summed E-state index contributed by atoms with van der Waals surface area (Å²) in [7, 11) is 2.09. The summed E-state index contributed by atoms with van der Waals surface area (Å²) in [4.78, 5) is 21.8. The fourth-order valence-electron chi connectivity index (χ4n) is 4.61. The highest BCUT2D eigenvalue weighted by Gasteiger charge is 2.58. The van der Waals surface area contributed by atoms with Crippen LogP contribution in [0.2, 0.25) is 0 Å². The van der Waals surface area contributed by atoms with Gasteiger partial charge in [-0.15, -0.1) is 0 Å². The van der Waals surface area contributed by atoms with Crippen LogP contribution >= 0.6 is 0 Å². The van der Waals surface area contributed by atoms with Gasteiger partial charge < -0.3 is 14.7 Å². The Hall–Kier alpha value is -1.47. The van der Waals surface area contributed by atoms with Crippen LogP contribution < -0.4 is 5.32 Å². The number of likely N-dealkylation sites (N-methyl/N-ethyl adjacent to an activating group) is 1. The Balaban J connectivity index is 1.29. The maximum Gasteiger partial charge on any atom is 0.229 e. The van der Waals surface area contributed by atoms with Gasteiger partial charge in [-0.3, -0.25) is 9.69 Å². The van der Waals surface area contributed by atoms with Crippen molar-refractivity contribution in [2.24, 2.45) is 11.3 Å². The molecule has 1 aromatic rings. The monoisotopic (exact) mass is 361 g/mol. The summed E-state index contributed by atoms with van der Waals surface area (Å²) in [5, 5.41) is 7.50. The molecule has 2 atom stereocenters. The lowest BCUT2D eigenvalue weighted by atomic mass is 9.91. The minimum atomic E-state index is 0.252. The molecule has 7 nitrogen and oxygen atoms in total. The summed E-state index contributed by atoms with van der Waals surface area (Å²) in [6.07, 6.45) is 4.46. The lowest BCUT2D eigenvalue weighted by Crippen LogP contribution is -2.38. The van der Waals surface area contributed by atoms with Crippen LogP contribution in [0.1, 0.15) is 57.2 Å². The van der Waals surface area contributed by atoms with Gasteiger partial charge in [-0.2, -0.15) is 4.98 Å². The second-order valence-electron chi connectivity index (χ2n) is 8.71. The van der Waals surface area contributed by atoms with E-state index < -0.39 is 0 Å². The first kappa shape index (κ1) is 17.9. The fraction of sp³-hybridized carbons (Fsp3) is 0.842. The second-order valence-corrected chi connectivity index (χ2v) is 8.71. The van der Waals surface area contributed by atoms with Gasteiger partial charge in [0.05, 0.1) is 6.54 Å². The Morgan fingerprint density at radius 2 is 2.19 bits per heavy atom. The number of piperidine rings is 1. The van der Waals surface area contributed by atoms with Crippen molar-refractivity contribution in [2.45, 2.75) is 58.0 Å². The first-order chi connectivity index (χ1) is 12.5. The van der Waals surface area contributed by atoms with Gasteiger partial charge in [-0.05, 0) is 51.2 Å². The van der Waals surface area contributed by atoms with Crippen LogP contribution in [0.5, 0.6) is 0 Å². The fourth-order valence-corrected chi connectivity index (χ4v) is 4.61. The lowest BCUT2D eigenvalue weighted by molar-refractivity contribution is -0.132. The molecule has 1 aliphatic carbocycles. The normalized spacial score (nSPS) is 27.7. The van der Waals surface area contributed by atoms with Crippen LogP contribution in [-0.2, 0) is 11.3 Å².